The molecule has 0 aliphatic carbocycles. The lowest BCUT2D eigenvalue weighted by Crippen LogP contribution is -2.28. The minimum atomic E-state index is -0.638. The first-order valence-electron chi connectivity index (χ1n) is 8.46. The Kier molecular flexibility index (Phi) is 6.69. The molecule has 1 atom stereocenters. The van der Waals surface area contributed by atoms with Crippen molar-refractivity contribution in [2.45, 2.75) is 11.7 Å². The normalized spacial score (nSPS) is 18.1. The lowest BCUT2D eigenvalue weighted by atomic mass is 10.2. The number of para-hydroxylation sites is 1. The molecule has 1 saturated heterocycles. The number of hydrogen-bond acceptors (Lipinski definition) is 5. The molecule has 0 saturated carbocycles. The Hall–Kier alpha value is -3.26. The maximum absolute atomic E-state index is 13.6. The van der Waals surface area contributed by atoms with Crippen LogP contribution in [0.5, 0.6) is 0 Å². The Morgan fingerprint density at radius 2 is 1.93 bits per heavy atom. The summed E-state index contributed by atoms with van der Waals surface area (Å²) in [5.41, 5.74) is 1.12. The number of thioether (sulfide) groups is 1. The van der Waals surface area contributed by atoms with Gasteiger partial charge < -0.3 is 10.6 Å². The van der Waals surface area contributed by atoms with Crippen LogP contribution in [0.4, 0.5) is 10.1 Å². The molecule has 142 valence electrons. The van der Waals surface area contributed by atoms with Gasteiger partial charge in [0, 0.05) is 12.6 Å². The second-order valence-corrected chi connectivity index (χ2v) is 6.96. The van der Waals surface area contributed by atoms with E-state index in [0.29, 0.717) is 5.17 Å². The van der Waals surface area contributed by atoms with E-state index in [2.05, 4.69) is 20.8 Å². The summed E-state index contributed by atoms with van der Waals surface area (Å²) >= 11 is 1.11. The monoisotopic (exact) mass is 396 g/mol. The third-order valence-electron chi connectivity index (χ3n) is 3.68. The standard InChI is InChI=1S/C20H17FN4O2S/c21-15-10-4-5-11-16(15)23-18(26)13-17-19(27)24-20(28-17)25-22-12-6-9-14-7-2-1-3-8-14/h1-12,17H,13H2,(H,23,26)(H,24,25,27)/b9-6+,22-12-/t17-/m0/s1. The van der Waals surface area contributed by atoms with Gasteiger partial charge in [0.25, 0.3) is 0 Å². The number of anilines is 1. The first-order valence-corrected chi connectivity index (χ1v) is 9.34. The van der Waals surface area contributed by atoms with Crippen molar-refractivity contribution in [3.8, 4) is 0 Å². The number of allylic oxidation sites excluding steroid dienone is 1. The Morgan fingerprint density at radius 1 is 1.18 bits per heavy atom. The van der Waals surface area contributed by atoms with E-state index in [1.807, 2.05) is 36.4 Å². The van der Waals surface area contributed by atoms with E-state index < -0.39 is 17.0 Å². The van der Waals surface area contributed by atoms with Crippen molar-refractivity contribution < 1.29 is 14.0 Å². The van der Waals surface area contributed by atoms with Crippen molar-refractivity contribution in [2.75, 3.05) is 5.32 Å². The molecule has 2 aromatic carbocycles. The van der Waals surface area contributed by atoms with Crippen LogP contribution in [0.25, 0.3) is 6.08 Å². The number of benzene rings is 2. The maximum Gasteiger partial charge on any atom is 0.240 e. The number of nitrogens with one attached hydrogen (secondary N) is 2. The van der Waals surface area contributed by atoms with Crippen molar-refractivity contribution in [3.63, 3.8) is 0 Å². The van der Waals surface area contributed by atoms with Crippen molar-refractivity contribution in [1.29, 1.82) is 0 Å². The van der Waals surface area contributed by atoms with E-state index in [1.165, 1.54) is 24.4 Å². The summed E-state index contributed by atoms with van der Waals surface area (Å²) < 4.78 is 13.6. The van der Waals surface area contributed by atoms with Crippen molar-refractivity contribution in [2.24, 2.45) is 10.2 Å². The molecule has 0 aromatic heterocycles. The van der Waals surface area contributed by atoms with Gasteiger partial charge in [0.2, 0.25) is 11.8 Å². The predicted molar refractivity (Wildman–Crippen MR) is 111 cm³/mol. The summed E-state index contributed by atoms with van der Waals surface area (Å²) in [5.74, 6) is -1.31. The van der Waals surface area contributed by atoms with Gasteiger partial charge >= 0.3 is 0 Å². The van der Waals surface area contributed by atoms with Gasteiger partial charge in [0.05, 0.1) is 5.69 Å². The smallest absolute Gasteiger partial charge is 0.240 e. The Balaban J connectivity index is 1.51. The number of carbonyl (C=O) groups excluding carboxylic acids is 2. The highest BCUT2D eigenvalue weighted by atomic mass is 32.2. The fourth-order valence-electron chi connectivity index (χ4n) is 2.36. The summed E-state index contributed by atoms with van der Waals surface area (Å²) in [6.45, 7) is 0. The molecule has 1 fully saturated rings. The highest BCUT2D eigenvalue weighted by Gasteiger charge is 2.32. The van der Waals surface area contributed by atoms with E-state index in [-0.39, 0.29) is 18.0 Å². The number of hydrogen-bond donors (Lipinski definition) is 2. The number of halogens is 1. The molecule has 8 heteroatoms. The largest absolute Gasteiger partial charge is 0.324 e. The van der Waals surface area contributed by atoms with Crippen LogP contribution in [-0.4, -0.2) is 28.4 Å². The maximum atomic E-state index is 13.6. The number of rotatable bonds is 6. The molecule has 1 aliphatic heterocycles. The minimum Gasteiger partial charge on any atom is -0.324 e. The van der Waals surface area contributed by atoms with Gasteiger partial charge in [0.1, 0.15) is 11.1 Å². The first kappa shape index (κ1) is 19.5. The Bertz CT molecular complexity index is 944. The van der Waals surface area contributed by atoms with Crippen LogP contribution < -0.4 is 10.6 Å². The summed E-state index contributed by atoms with van der Waals surface area (Å²) in [7, 11) is 0. The van der Waals surface area contributed by atoms with Gasteiger partial charge in [-0.25, -0.2) is 4.39 Å². The van der Waals surface area contributed by atoms with Gasteiger partial charge in [-0.2, -0.15) is 5.10 Å². The number of amides is 2. The molecule has 3 rings (SSSR count). The van der Waals surface area contributed by atoms with E-state index >= 15 is 0 Å². The molecule has 0 unspecified atom stereocenters. The van der Waals surface area contributed by atoms with Gasteiger partial charge in [0.15, 0.2) is 5.17 Å². The van der Waals surface area contributed by atoms with Crippen LogP contribution in [0.3, 0.4) is 0 Å². The van der Waals surface area contributed by atoms with Gasteiger partial charge in [-0.1, -0.05) is 60.3 Å². The number of carbonyl (C=O) groups is 2. The zero-order chi connectivity index (χ0) is 19.8. The van der Waals surface area contributed by atoms with Crippen LogP contribution >= 0.6 is 11.8 Å². The minimum absolute atomic E-state index is 0.0830. The second kappa shape index (κ2) is 9.61. The molecular formula is C20H17FN4O2S. The molecule has 1 heterocycles. The van der Waals surface area contributed by atoms with Gasteiger partial charge in [-0.15, -0.1) is 5.10 Å². The summed E-state index contributed by atoms with van der Waals surface area (Å²) in [4.78, 5) is 24.0. The average Bonchev–Trinajstić information content (AvgIpc) is 3.03. The van der Waals surface area contributed by atoms with E-state index in [4.69, 9.17) is 0 Å². The molecule has 0 radical (unpaired) electrons. The van der Waals surface area contributed by atoms with Crippen LogP contribution in [0.2, 0.25) is 0 Å². The lowest BCUT2D eigenvalue weighted by Gasteiger charge is -2.07. The number of amidine groups is 1. The van der Waals surface area contributed by atoms with Gasteiger partial charge in [-0.05, 0) is 23.8 Å². The fourth-order valence-corrected chi connectivity index (χ4v) is 3.29. The third kappa shape index (κ3) is 5.62. The second-order valence-electron chi connectivity index (χ2n) is 5.77. The zero-order valence-electron chi connectivity index (χ0n) is 14.7. The van der Waals surface area contributed by atoms with E-state index in [0.717, 1.165) is 17.3 Å². The molecule has 28 heavy (non-hydrogen) atoms. The number of nitrogens with zero attached hydrogens (tertiary/aromatic N) is 2. The lowest BCUT2D eigenvalue weighted by molar-refractivity contribution is -0.122. The fraction of sp³-hybridized carbons (Fsp3) is 0.100. The Labute approximate surface area is 165 Å². The van der Waals surface area contributed by atoms with E-state index in [9.17, 15) is 14.0 Å². The summed E-state index contributed by atoms with van der Waals surface area (Å²) in [6.07, 6.45) is 5.02. The predicted octanol–water partition coefficient (Wildman–Crippen LogP) is 3.44. The molecule has 0 spiro atoms. The third-order valence-corrected chi connectivity index (χ3v) is 4.76. The SMILES string of the molecule is O=C(C[C@@H]1S/C(=N/N=C\C=C\c2ccccc2)NC1=O)Nc1ccccc1F. The quantitative estimate of drug-likeness (QED) is 0.580. The summed E-state index contributed by atoms with van der Waals surface area (Å²) in [5, 5.41) is 12.5. The molecular weight excluding hydrogens is 379 g/mol. The van der Waals surface area contributed by atoms with Crippen LogP contribution in [0, 0.1) is 5.82 Å². The molecule has 6 nitrogen and oxygen atoms in total. The van der Waals surface area contributed by atoms with Crippen LogP contribution in [0.1, 0.15) is 12.0 Å². The van der Waals surface area contributed by atoms with Gasteiger partial charge in [-0.3, -0.25) is 9.59 Å². The molecule has 2 amide bonds. The zero-order valence-corrected chi connectivity index (χ0v) is 15.5. The highest BCUT2D eigenvalue weighted by Crippen LogP contribution is 2.23. The van der Waals surface area contributed by atoms with Crippen LogP contribution in [0.15, 0.2) is 70.9 Å². The van der Waals surface area contributed by atoms with Crippen LogP contribution in [-0.2, 0) is 9.59 Å². The van der Waals surface area contributed by atoms with Crippen molar-refractivity contribution in [3.05, 3.63) is 72.1 Å². The first-order chi connectivity index (χ1) is 13.6. The average molecular weight is 396 g/mol. The van der Waals surface area contributed by atoms with E-state index in [1.54, 1.807) is 12.1 Å². The Morgan fingerprint density at radius 3 is 2.71 bits per heavy atom. The molecule has 0 bridgehead atoms. The topological polar surface area (TPSA) is 82.9 Å². The molecule has 2 aromatic rings. The summed E-state index contributed by atoms with van der Waals surface area (Å²) in [6, 6.07) is 15.6. The van der Waals surface area contributed by atoms with Crippen molar-refractivity contribution in [1.82, 2.24) is 5.32 Å². The van der Waals surface area contributed by atoms with Crippen molar-refractivity contribution >= 4 is 46.7 Å². The molecule has 2 N–H and O–H groups in total. The highest BCUT2D eigenvalue weighted by molar-refractivity contribution is 8.15. The molecule has 1 aliphatic rings.